The Balaban J connectivity index is 1.93. The van der Waals surface area contributed by atoms with Crippen LogP contribution >= 0.6 is 27.3 Å². The molecule has 0 saturated heterocycles. The van der Waals surface area contributed by atoms with Gasteiger partial charge in [-0.3, -0.25) is 0 Å². The van der Waals surface area contributed by atoms with Gasteiger partial charge in [-0.25, -0.2) is 0 Å². The summed E-state index contributed by atoms with van der Waals surface area (Å²) in [5.74, 6) is 0. The smallest absolute Gasteiger partial charge is 0.0390 e. The molecule has 0 aliphatic carbocycles. The fourth-order valence-corrected chi connectivity index (χ4v) is 3.92. The number of fused-ring (bicyclic) bond motifs is 1. The van der Waals surface area contributed by atoms with Gasteiger partial charge in [0.05, 0.1) is 0 Å². The lowest BCUT2D eigenvalue weighted by atomic mass is 9.98. The molecule has 3 aromatic rings. The topological polar surface area (TPSA) is 12.0 Å². The molecule has 0 aliphatic heterocycles. The van der Waals surface area contributed by atoms with Crippen LogP contribution < -0.4 is 5.32 Å². The summed E-state index contributed by atoms with van der Waals surface area (Å²) in [6, 6.07) is 17.8. The minimum absolute atomic E-state index is 0.360. The lowest BCUT2D eigenvalue weighted by Gasteiger charge is -2.19. The lowest BCUT2D eigenvalue weighted by molar-refractivity contribution is 0.554. The normalized spacial score (nSPS) is 12.7. The van der Waals surface area contributed by atoms with Crippen molar-refractivity contribution in [3.8, 4) is 0 Å². The van der Waals surface area contributed by atoms with E-state index < -0.39 is 0 Å². The van der Waals surface area contributed by atoms with Crippen LogP contribution in [0.15, 0.2) is 58.4 Å². The number of benzene rings is 2. The van der Waals surface area contributed by atoms with E-state index in [0.717, 1.165) is 17.4 Å². The summed E-state index contributed by atoms with van der Waals surface area (Å²) in [5.41, 5.74) is 2.77. The van der Waals surface area contributed by atoms with Crippen LogP contribution in [0.25, 0.3) is 10.1 Å². The average Bonchev–Trinajstić information content (AvgIpc) is 2.97. The minimum atomic E-state index is 0.360. The minimum Gasteiger partial charge on any atom is -0.310 e. The predicted octanol–water partition coefficient (Wildman–Crippen LogP) is 5.56. The van der Waals surface area contributed by atoms with Crippen LogP contribution in [0.5, 0.6) is 0 Å². The fourth-order valence-electron chi connectivity index (χ4n) is 2.69. The van der Waals surface area contributed by atoms with Crippen LogP contribution in [0.1, 0.15) is 24.1 Å². The maximum absolute atomic E-state index is 3.64. The quantitative estimate of drug-likeness (QED) is 0.628. The predicted molar refractivity (Wildman–Crippen MR) is 96.1 cm³/mol. The summed E-state index contributed by atoms with van der Waals surface area (Å²) in [7, 11) is 0. The number of rotatable bonds is 5. The lowest BCUT2D eigenvalue weighted by Crippen LogP contribution is -2.23. The second-order valence-electron chi connectivity index (χ2n) is 5.13. The molecule has 21 heavy (non-hydrogen) atoms. The number of hydrogen-bond acceptors (Lipinski definition) is 2. The van der Waals surface area contributed by atoms with E-state index in [1.165, 1.54) is 21.2 Å². The SMILES string of the molecule is CCNC(Cc1ccc(Br)cc1)c1cccc2ccsc12. The van der Waals surface area contributed by atoms with E-state index in [0.29, 0.717) is 6.04 Å². The van der Waals surface area contributed by atoms with Crippen molar-refractivity contribution in [1.29, 1.82) is 0 Å². The molecule has 0 bridgehead atoms. The van der Waals surface area contributed by atoms with Crippen molar-refractivity contribution < 1.29 is 0 Å². The number of nitrogens with one attached hydrogen (secondary N) is 1. The van der Waals surface area contributed by atoms with Crippen molar-refractivity contribution in [2.45, 2.75) is 19.4 Å². The zero-order valence-electron chi connectivity index (χ0n) is 12.0. The first kappa shape index (κ1) is 14.8. The van der Waals surface area contributed by atoms with Crippen LogP contribution in [0, 0.1) is 0 Å². The maximum atomic E-state index is 3.64. The molecule has 1 aromatic heterocycles. The highest BCUT2D eigenvalue weighted by molar-refractivity contribution is 9.10. The molecular weight excluding hydrogens is 342 g/mol. The number of likely N-dealkylation sites (N-methyl/N-ethyl adjacent to an activating group) is 1. The van der Waals surface area contributed by atoms with Crippen molar-refractivity contribution in [2.75, 3.05) is 6.54 Å². The highest BCUT2D eigenvalue weighted by Crippen LogP contribution is 2.30. The standard InChI is InChI=1S/C18H18BrNS/c1-2-20-17(12-13-6-8-15(19)9-7-13)16-5-3-4-14-10-11-21-18(14)16/h3-11,17,20H,2,12H2,1H3. The summed E-state index contributed by atoms with van der Waals surface area (Å²) >= 11 is 5.33. The van der Waals surface area contributed by atoms with E-state index in [4.69, 9.17) is 0 Å². The van der Waals surface area contributed by atoms with Crippen molar-refractivity contribution >= 4 is 37.4 Å². The van der Waals surface area contributed by atoms with Crippen molar-refractivity contribution in [3.63, 3.8) is 0 Å². The number of hydrogen-bond donors (Lipinski definition) is 1. The van der Waals surface area contributed by atoms with Gasteiger partial charge in [-0.15, -0.1) is 11.3 Å². The largest absolute Gasteiger partial charge is 0.310 e. The third kappa shape index (κ3) is 3.37. The average molecular weight is 360 g/mol. The van der Waals surface area contributed by atoms with Crippen LogP contribution in [-0.4, -0.2) is 6.54 Å². The fraction of sp³-hybridized carbons (Fsp3) is 0.222. The zero-order valence-corrected chi connectivity index (χ0v) is 14.4. The second kappa shape index (κ2) is 6.73. The summed E-state index contributed by atoms with van der Waals surface area (Å²) in [6.07, 6.45) is 1.01. The van der Waals surface area contributed by atoms with Crippen LogP contribution in [0.3, 0.4) is 0 Å². The van der Waals surface area contributed by atoms with Crippen molar-refractivity contribution in [3.05, 3.63) is 69.5 Å². The van der Waals surface area contributed by atoms with Crippen molar-refractivity contribution in [1.82, 2.24) is 5.32 Å². The third-order valence-corrected chi connectivity index (χ3v) is 5.20. The molecule has 0 spiro atoms. The monoisotopic (exact) mass is 359 g/mol. The van der Waals surface area contributed by atoms with Gasteiger partial charge < -0.3 is 5.32 Å². The molecule has 3 rings (SSSR count). The molecule has 2 aromatic carbocycles. The van der Waals surface area contributed by atoms with E-state index in [2.05, 4.69) is 82.1 Å². The molecule has 1 atom stereocenters. The molecule has 1 unspecified atom stereocenters. The summed E-state index contributed by atoms with van der Waals surface area (Å²) in [6.45, 7) is 3.14. The summed E-state index contributed by atoms with van der Waals surface area (Å²) in [5, 5.41) is 7.16. The molecule has 0 amide bonds. The molecular formula is C18H18BrNS. The molecule has 108 valence electrons. The van der Waals surface area contributed by atoms with Gasteiger partial charge in [0.2, 0.25) is 0 Å². The Hall–Kier alpha value is -1.16. The van der Waals surface area contributed by atoms with E-state index in [1.54, 1.807) is 0 Å². The second-order valence-corrected chi connectivity index (χ2v) is 6.96. The van der Waals surface area contributed by atoms with Gasteiger partial charge in [0.25, 0.3) is 0 Å². The zero-order chi connectivity index (χ0) is 14.7. The molecule has 0 saturated carbocycles. The molecule has 3 heteroatoms. The maximum Gasteiger partial charge on any atom is 0.0390 e. The van der Waals surface area contributed by atoms with Gasteiger partial charge in [-0.1, -0.05) is 53.2 Å². The number of thiophene rings is 1. The van der Waals surface area contributed by atoms with E-state index >= 15 is 0 Å². The molecule has 0 fully saturated rings. The Labute approximate surface area is 138 Å². The van der Waals surface area contributed by atoms with E-state index in [-0.39, 0.29) is 0 Å². The highest BCUT2D eigenvalue weighted by atomic mass is 79.9. The highest BCUT2D eigenvalue weighted by Gasteiger charge is 2.14. The van der Waals surface area contributed by atoms with Crippen LogP contribution in [-0.2, 0) is 6.42 Å². The molecule has 1 N–H and O–H groups in total. The molecule has 1 nitrogen and oxygen atoms in total. The van der Waals surface area contributed by atoms with Gasteiger partial charge in [-0.05, 0) is 53.1 Å². The van der Waals surface area contributed by atoms with Crippen LogP contribution in [0.4, 0.5) is 0 Å². The Morgan fingerprint density at radius 1 is 1.10 bits per heavy atom. The Bertz CT molecular complexity index is 717. The summed E-state index contributed by atoms with van der Waals surface area (Å²) in [4.78, 5) is 0. The third-order valence-electron chi connectivity index (χ3n) is 3.69. The Morgan fingerprint density at radius 3 is 2.67 bits per heavy atom. The van der Waals surface area contributed by atoms with Gasteiger partial charge in [0, 0.05) is 15.2 Å². The Morgan fingerprint density at radius 2 is 1.90 bits per heavy atom. The molecule has 0 aliphatic rings. The first-order chi connectivity index (χ1) is 10.3. The first-order valence-electron chi connectivity index (χ1n) is 7.22. The van der Waals surface area contributed by atoms with Crippen molar-refractivity contribution in [2.24, 2.45) is 0 Å². The van der Waals surface area contributed by atoms with E-state index in [1.807, 2.05) is 11.3 Å². The number of halogens is 1. The summed E-state index contributed by atoms with van der Waals surface area (Å²) < 4.78 is 2.53. The Kier molecular flexibility index (Phi) is 4.73. The van der Waals surface area contributed by atoms with Gasteiger partial charge in [0.1, 0.15) is 0 Å². The molecule has 0 radical (unpaired) electrons. The first-order valence-corrected chi connectivity index (χ1v) is 8.89. The van der Waals surface area contributed by atoms with Gasteiger partial charge in [0.15, 0.2) is 0 Å². The van der Waals surface area contributed by atoms with Crippen LogP contribution in [0.2, 0.25) is 0 Å². The van der Waals surface area contributed by atoms with E-state index in [9.17, 15) is 0 Å². The molecule has 1 heterocycles. The van der Waals surface area contributed by atoms with Gasteiger partial charge in [-0.2, -0.15) is 0 Å². The van der Waals surface area contributed by atoms with Gasteiger partial charge >= 0.3 is 0 Å².